The van der Waals surface area contributed by atoms with Gasteiger partial charge in [0.05, 0.1) is 6.10 Å². The lowest BCUT2D eigenvalue weighted by atomic mass is 9.94. The molecule has 1 heterocycles. The van der Waals surface area contributed by atoms with E-state index in [-0.39, 0.29) is 12.5 Å². The summed E-state index contributed by atoms with van der Waals surface area (Å²) in [6.45, 7) is 4.59. The van der Waals surface area contributed by atoms with Crippen LogP contribution in [-0.4, -0.2) is 46.2 Å². The summed E-state index contributed by atoms with van der Waals surface area (Å²) in [5.41, 5.74) is 3.47. The summed E-state index contributed by atoms with van der Waals surface area (Å²) in [7, 11) is 0. The number of benzene rings is 1. The highest BCUT2D eigenvalue weighted by atomic mass is 16.4. The minimum absolute atomic E-state index is 0.0442. The van der Waals surface area contributed by atoms with E-state index in [1.54, 1.807) is 4.90 Å². The number of nitrogens with zero attached hydrogens (tertiary/aromatic N) is 1. The summed E-state index contributed by atoms with van der Waals surface area (Å²) in [5, 5.41) is 18.8. The van der Waals surface area contributed by atoms with Crippen LogP contribution < -0.4 is 0 Å². The quantitative estimate of drug-likeness (QED) is 0.884. The van der Waals surface area contributed by atoms with Gasteiger partial charge in [-0.05, 0) is 32.3 Å². The van der Waals surface area contributed by atoms with Crippen LogP contribution in [0.3, 0.4) is 0 Å². The molecule has 0 bridgehead atoms. The van der Waals surface area contributed by atoms with Crippen LogP contribution in [0.5, 0.6) is 0 Å². The molecule has 2 atom stereocenters. The van der Waals surface area contributed by atoms with Crippen LogP contribution in [0.2, 0.25) is 0 Å². The average Bonchev–Trinajstić information content (AvgIpc) is 2.44. The van der Waals surface area contributed by atoms with Crippen molar-refractivity contribution in [1.82, 2.24) is 4.90 Å². The smallest absolute Gasteiger partial charge is 0.310 e. The van der Waals surface area contributed by atoms with Gasteiger partial charge in [-0.2, -0.15) is 0 Å². The highest BCUT2D eigenvalue weighted by Gasteiger charge is 2.34. The summed E-state index contributed by atoms with van der Waals surface area (Å²) in [6.07, 6.45) is 0.483. The van der Waals surface area contributed by atoms with Crippen molar-refractivity contribution in [3.8, 4) is 0 Å². The standard InChI is InChI=1S/C17H23NO4/c1-11-7-12(2)9-13(8-11)3-4-16(20)18-6-5-15(19)14(10-18)17(21)22/h7-9,14-15,19H,3-6,10H2,1-2H3,(H,21,22)/t14-,15-/m1/s1. The van der Waals surface area contributed by atoms with Crippen LogP contribution in [0.1, 0.15) is 29.5 Å². The first-order valence-corrected chi connectivity index (χ1v) is 7.62. The van der Waals surface area contributed by atoms with Gasteiger partial charge in [0.25, 0.3) is 0 Å². The molecular weight excluding hydrogens is 282 g/mol. The molecule has 5 nitrogen and oxygen atoms in total. The summed E-state index contributed by atoms with van der Waals surface area (Å²) < 4.78 is 0. The zero-order valence-electron chi connectivity index (χ0n) is 13.1. The van der Waals surface area contributed by atoms with E-state index in [1.165, 1.54) is 11.1 Å². The molecule has 1 fully saturated rings. The summed E-state index contributed by atoms with van der Waals surface area (Å²) >= 11 is 0. The number of hydrogen-bond donors (Lipinski definition) is 2. The maximum absolute atomic E-state index is 12.3. The number of piperidine rings is 1. The van der Waals surface area contributed by atoms with Gasteiger partial charge in [-0.25, -0.2) is 0 Å². The Kier molecular flexibility index (Phi) is 5.19. The second-order valence-corrected chi connectivity index (χ2v) is 6.14. The lowest BCUT2D eigenvalue weighted by molar-refractivity contribution is -0.151. The molecule has 0 radical (unpaired) electrons. The summed E-state index contributed by atoms with van der Waals surface area (Å²) in [6, 6.07) is 6.23. The molecule has 22 heavy (non-hydrogen) atoms. The largest absolute Gasteiger partial charge is 0.481 e. The van der Waals surface area contributed by atoms with Gasteiger partial charge in [-0.1, -0.05) is 29.3 Å². The lowest BCUT2D eigenvalue weighted by Crippen LogP contribution is -2.48. The molecule has 1 amide bonds. The van der Waals surface area contributed by atoms with Crippen LogP contribution in [0.25, 0.3) is 0 Å². The SMILES string of the molecule is Cc1cc(C)cc(CCC(=O)N2CC[C@@H](O)[C@H](C(=O)O)C2)c1. The lowest BCUT2D eigenvalue weighted by Gasteiger charge is -2.34. The van der Waals surface area contributed by atoms with Gasteiger partial charge in [-0.3, -0.25) is 9.59 Å². The number of carboxylic acid groups (broad SMARTS) is 1. The second kappa shape index (κ2) is 6.92. The Labute approximate surface area is 130 Å². The minimum atomic E-state index is -1.04. The van der Waals surface area contributed by atoms with Gasteiger partial charge in [0.15, 0.2) is 0 Å². The van der Waals surface area contributed by atoms with E-state index >= 15 is 0 Å². The number of hydrogen-bond acceptors (Lipinski definition) is 3. The zero-order valence-corrected chi connectivity index (χ0v) is 13.1. The molecule has 1 aromatic rings. The Morgan fingerprint density at radius 2 is 1.86 bits per heavy atom. The Morgan fingerprint density at radius 1 is 1.23 bits per heavy atom. The van der Waals surface area contributed by atoms with Crippen molar-refractivity contribution in [1.29, 1.82) is 0 Å². The fraction of sp³-hybridized carbons (Fsp3) is 0.529. The van der Waals surface area contributed by atoms with Gasteiger partial charge in [0, 0.05) is 19.5 Å². The van der Waals surface area contributed by atoms with Crippen molar-refractivity contribution in [3.63, 3.8) is 0 Å². The molecule has 0 aliphatic carbocycles. The van der Waals surface area contributed by atoms with Gasteiger partial charge in [0.1, 0.15) is 5.92 Å². The molecular formula is C17H23NO4. The van der Waals surface area contributed by atoms with Crippen molar-refractivity contribution >= 4 is 11.9 Å². The normalized spacial score (nSPS) is 21.7. The van der Waals surface area contributed by atoms with Crippen LogP contribution in [0.15, 0.2) is 18.2 Å². The Hall–Kier alpha value is -1.88. The molecule has 120 valence electrons. The molecule has 5 heteroatoms. The van der Waals surface area contributed by atoms with E-state index in [0.29, 0.717) is 25.8 Å². The second-order valence-electron chi connectivity index (χ2n) is 6.14. The van der Waals surface area contributed by atoms with E-state index in [0.717, 1.165) is 5.56 Å². The topological polar surface area (TPSA) is 77.8 Å². The van der Waals surface area contributed by atoms with E-state index in [1.807, 2.05) is 13.8 Å². The number of aliphatic carboxylic acids is 1. The number of aryl methyl sites for hydroxylation is 3. The first-order valence-electron chi connectivity index (χ1n) is 7.62. The zero-order chi connectivity index (χ0) is 16.3. The molecule has 2 N–H and O–H groups in total. The average molecular weight is 305 g/mol. The van der Waals surface area contributed by atoms with Crippen LogP contribution in [0, 0.1) is 19.8 Å². The molecule has 1 aromatic carbocycles. The van der Waals surface area contributed by atoms with Crippen molar-refractivity contribution < 1.29 is 19.8 Å². The summed E-state index contributed by atoms with van der Waals surface area (Å²) in [4.78, 5) is 24.9. The predicted molar refractivity (Wildman–Crippen MR) is 82.6 cm³/mol. The third-order valence-corrected chi connectivity index (χ3v) is 4.16. The van der Waals surface area contributed by atoms with Gasteiger partial charge < -0.3 is 15.1 Å². The third kappa shape index (κ3) is 4.07. The number of carboxylic acids is 1. The van der Waals surface area contributed by atoms with Crippen molar-refractivity contribution in [2.24, 2.45) is 5.92 Å². The predicted octanol–water partition coefficient (Wildman–Crippen LogP) is 1.53. The number of aliphatic hydroxyl groups excluding tert-OH is 1. The Morgan fingerprint density at radius 3 is 2.45 bits per heavy atom. The highest BCUT2D eigenvalue weighted by Crippen LogP contribution is 2.19. The van der Waals surface area contributed by atoms with Crippen molar-refractivity contribution in [2.45, 2.75) is 39.2 Å². The van der Waals surface area contributed by atoms with Crippen LogP contribution in [0.4, 0.5) is 0 Å². The molecule has 0 spiro atoms. The molecule has 0 aromatic heterocycles. The van der Waals surface area contributed by atoms with Gasteiger partial charge >= 0.3 is 5.97 Å². The number of rotatable bonds is 4. The highest BCUT2D eigenvalue weighted by molar-refractivity contribution is 5.78. The number of carbonyl (C=O) groups is 2. The molecule has 1 aliphatic rings. The fourth-order valence-corrected chi connectivity index (χ4v) is 3.03. The number of amides is 1. The first-order chi connectivity index (χ1) is 10.4. The van der Waals surface area contributed by atoms with Gasteiger partial charge in [0.2, 0.25) is 5.91 Å². The fourth-order valence-electron chi connectivity index (χ4n) is 3.03. The molecule has 0 unspecified atom stereocenters. The third-order valence-electron chi connectivity index (χ3n) is 4.16. The number of aliphatic hydroxyl groups is 1. The Balaban J connectivity index is 1.93. The Bertz CT molecular complexity index is 550. The number of likely N-dealkylation sites (tertiary alicyclic amines) is 1. The number of carbonyl (C=O) groups excluding carboxylic acids is 1. The monoisotopic (exact) mass is 305 g/mol. The van der Waals surface area contributed by atoms with Crippen molar-refractivity contribution in [2.75, 3.05) is 13.1 Å². The van der Waals surface area contributed by atoms with E-state index in [2.05, 4.69) is 18.2 Å². The van der Waals surface area contributed by atoms with E-state index in [9.17, 15) is 14.7 Å². The van der Waals surface area contributed by atoms with E-state index < -0.39 is 18.0 Å². The van der Waals surface area contributed by atoms with Crippen molar-refractivity contribution in [3.05, 3.63) is 34.9 Å². The molecule has 2 rings (SSSR count). The minimum Gasteiger partial charge on any atom is -0.481 e. The molecule has 1 saturated heterocycles. The molecule has 1 aliphatic heterocycles. The van der Waals surface area contributed by atoms with Gasteiger partial charge in [-0.15, -0.1) is 0 Å². The molecule has 0 saturated carbocycles. The van der Waals surface area contributed by atoms with Crippen LogP contribution >= 0.6 is 0 Å². The maximum Gasteiger partial charge on any atom is 0.310 e. The van der Waals surface area contributed by atoms with Crippen LogP contribution in [-0.2, 0) is 16.0 Å². The summed E-state index contributed by atoms with van der Waals surface area (Å²) in [5.74, 6) is -1.96. The van der Waals surface area contributed by atoms with E-state index in [4.69, 9.17) is 5.11 Å². The maximum atomic E-state index is 12.3. The first kappa shape index (κ1) is 16.5.